The van der Waals surface area contributed by atoms with Gasteiger partial charge in [0, 0.05) is 38.3 Å². The minimum Gasteiger partial charge on any atom is -0.465 e. The molecule has 0 fully saturated rings. The number of nitrogens with zero attached hydrogens (tertiary/aromatic N) is 4. The van der Waals surface area contributed by atoms with Crippen LogP contribution in [0.15, 0.2) is 39.2 Å². The number of methoxy groups -OCH3 is 1. The Kier molecular flexibility index (Phi) is 5.06. The van der Waals surface area contributed by atoms with E-state index in [1.54, 1.807) is 36.6 Å². The molecule has 33 heavy (non-hydrogen) atoms. The molecule has 0 radical (unpaired) electrons. The molecule has 1 aliphatic rings. The highest BCUT2D eigenvalue weighted by Crippen LogP contribution is 2.39. The van der Waals surface area contributed by atoms with E-state index in [1.165, 1.54) is 18.7 Å². The van der Waals surface area contributed by atoms with Crippen molar-refractivity contribution in [3.8, 4) is 11.3 Å². The van der Waals surface area contributed by atoms with Crippen molar-refractivity contribution in [2.75, 3.05) is 13.7 Å². The average Bonchev–Trinajstić information content (AvgIpc) is 3.42. The highest BCUT2D eigenvalue weighted by atomic mass is 32.1. The summed E-state index contributed by atoms with van der Waals surface area (Å²) in [5.74, 6) is -0.454. The quantitative estimate of drug-likeness (QED) is 0.464. The summed E-state index contributed by atoms with van der Waals surface area (Å²) in [7, 11) is 4.50. The van der Waals surface area contributed by atoms with Gasteiger partial charge in [-0.25, -0.2) is 14.6 Å². The smallest absolute Gasteiger partial charge is 0.337 e. The summed E-state index contributed by atoms with van der Waals surface area (Å²) in [6.45, 7) is 3.20. The van der Waals surface area contributed by atoms with Gasteiger partial charge in [0.25, 0.3) is 5.56 Å². The van der Waals surface area contributed by atoms with Crippen molar-refractivity contribution in [3.63, 3.8) is 0 Å². The molecule has 9 nitrogen and oxygen atoms in total. The first-order valence-electron chi connectivity index (χ1n) is 10.5. The Labute approximate surface area is 192 Å². The normalized spacial score (nSPS) is 15.6. The maximum atomic E-state index is 13.4. The van der Waals surface area contributed by atoms with E-state index in [0.29, 0.717) is 40.8 Å². The van der Waals surface area contributed by atoms with E-state index in [2.05, 4.69) is 14.9 Å². The molecular weight excluding hydrogens is 442 g/mol. The van der Waals surface area contributed by atoms with E-state index in [-0.39, 0.29) is 11.6 Å². The highest BCUT2D eigenvalue weighted by Gasteiger charge is 2.33. The number of aromatic nitrogens is 4. The molecule has 0 saturated heterocycles. The third-order valence-corrected chi connectivity index (χ3v) is 7.13. The van der Waals surface area contributed by atoms with Crippen LogP contribution in [0.1, 0.15) is 32.8 Å². The number of aryl methyl sites for hydroxylation is 2. The standard InChI is InChI=1S/C23H23N5O4S/c1-12-11-33-20(25-12)16-19-18-15(21(29)27(3)23(31)26(18)2)17(28(19)9-8-24-16)13-6-5-7-14(10-13)22(30)32-4/h5-7,10-11,16,24H,8-9H2,1-4H3. The van der Waals surface area contributed by atoms with Crippen molar-refractivity contribution in [2.24, 2.45) is 14.1 Å². The van der Waals surface area contributed by atoms with Gasteiger partial charge in [-0.2, -0.15) is 0 Å². The fourth-order valence-electron chi connectivity index (χ4n) is 4.60. The van der Waals surface area contributed by atoms with Crippen LogP contribution < -0.4 is 16.6 Å². The van der Waals surface area contributed by atoms with Crippen molar-refractivity contribution in [1.29, 1.82) is 0 Å². The summed E-state index contributed by atoms with van der Waals surface area (Å²) in [4.78, 5) is 43.2. The lowest BCUT2D eigenvalue weighted by atomic mass is 10.1. The van der Waals surface area contributed by atoms with Crippen LogP contribution in [0.25, 0.3) is 22.2 Å². The summed E-state index contributed by atoms with van der Waals surface area (Å²) < 4.78 is 9.62. The molecule has 5 rings (SSSR count). The van der Waals surface area contributed by atoms with Gasteiger partial charge >= 0.3 is 11.7 Å². The predicted molar refractivity (Wildman–Crippen MR) is 126 cm³/mol. The van der Waals surface area contributed by atoms with Crippen LogP contribution in [-0.2, 0) is 25.4 Å². The van der Waals surface area contributed by atoms with Crippen LogP contribution in [0.3, 0.4) is 0 Å². The van der Waals surface area contributed by atoms with Gasteiger partial charge in [-0.3, -0.25) is 13.9 Å². The molecule has 1 unspecified atom stereocenters. The van der Waals surface area contributed by atoms with E-state index in [4.69, 9.17) is 4.74 Å². The molecule has 0 amide bonds. The second-order valence-electron chi connectivity index (χ2n) is 8.10. The summed E-state index contributed by atoms with van der Waals surface area (Å²) >= 11 is 1.54. The van der Waals surface area contributed by atoms with Gasteiger partial charge in [0.1, 0.15) is 11.0 Å². The Morgan fingerprint density at radius 1 is 1.24 bits per heavy atom. The van der Waals surface area contributed by atoms with Gasteiger partial charge in [0.05, 0.1) is 35.0 Å². The van der Waals surface area contributed by atoms with Crippen LogP contribution in [-0.4, -0.2) is 38.3 Å². The summed E-state index contributed by atoms with van der Waals surface area (Å²) in [5.41, 5.74) is 3.33. The Balaban J connectivity index is 1.92. The highest BCUT2D eigenvalue weighted by molar-refractivity contribution is 7.09. The number of carbonyl (C=O) groups excluding carboxylic acids is 1. The molecule has 4 aromatic rings. The Morgan fingerprint density at radius 3 is 2.73 bits per heavy atom. The molecule has 170 valence electrons. The second-order valence-corrected chi connectivity index (χ2v) is 8.99. The minimum absolute atomic E-state index is 0.268. The van der Waals surface area contributed by atoms with Crippen molar-refractivity contribution >= 4 is 28.2 Å². The van der Waals surface area contributed by atoms with E-state index >= 15 is 0 Å². The molecule has 0 aliphatic carbocycles. The fraction of sp³-hybridized carbons (Fsp3) is 0.304. The first kappa shape index (κ1) is 21.4. The van der Waals surface area contributed by atoms with Gasteiger partial charge < -0.3 is 14.6 Å². The number of hydrogen-bond acceptors (Lipinski definition) is 7. The maximum Gasteiger partial charge on any atom is 0.337 e. The molecular formula is C23H23N5O4S. The monoisotopic (exact) mass is 465 g/mol. The lowest BCUT2D eigenvalue weighted by Gasteiger charge is -2.27. The van der Waals surface area contributed by atoms with E-state index < -0.39 is 11.7 Å². The number of thiazole rings is 1. The molecule has 1 atom stereocenters. The Morgan fingerprint density at radius 2 is 2.03 bits per heavy atom. The van der Waals surface area contributed by atoms with Crippen LogP contribution >= 0.6 is 11.3 Å². The lowest BCUT2D eigenvalue weighted by Crippen LogP contribution is -2.38. The number of fused-ring (bicyclic) bond motifs is 3. The summed E-state index contributed by atoms with van der Waals surface area (Å²) in [6.07, 6.45) is 0. The zero-order valence-electron chi connectivity index (χ0n) is 18.7. The number of hydrogen-bond donors (Lipinski definition) is 1. The third-order valence-electron chi connectivity index (χ3n) is 6.10. The average molecular weight is 466 g/mol. The van der Waals surface area contributed by atoms with Crippen molar-refractivity contribution in [3.05, 3.63) is 72.4 Å². The van der Waals surface area contributed by atoms with Gasteiger partial charge in [-0.05, 0) is 24.6 Å². The minimum atomic E-state index is -0.454. The molecule has 0 spiro atoms. The number of rotatable bonds is 3. The third kappa shape index (κ3) is 3.17. The van der Waals surface area contributed by atoms with Crippen LogP contribution in [0, 0.1) is 6.92 Å². The number of nitrogens with one attached hydrogen (secondary N) is 1. The fourth-order valence-corrected chi connectivity index (χ4v) is 5.48. The maximum absolute atomic E-state index is 13.4. The topological polar surface area (TPSA) is 100 Å². The van der Waals surface area contributed by atoms with E-state index in [1.807, 2.05) is 18.4 Å². The number of esters is 1. The second kappa shape index (κ2) is 7.82. The van der Waals surface area contributed by atoms with Gasteiger partial charge in [-0.15, -0.1) is 11.3 Å². The zero-order chi connectivity index (χ0) is 23.4. The van der Waals surface area contributed by atoms with Gasteiger partial charge in [0.2, 0.25) is 0 Å². The van der Waals surface area contributed by atoms with Crippen molar-refractivity contribution < 1.29 is 9.53 Å². The molecule has 10 heteroatoms. The first-order chi connectivity index (χ1) is 15.8. The summed E-state index contributed by atoms with van der Waals surface area (Å²) in [5, 5.41) is 6.81. The molecule has 0 saturated carbocycles. The molecule has 3 aromatic heterocycles. The van der Waals surface area contributed by atoms with Crippen molar-refractivity contribution in [1.82, 2.24) is 24.0 Å². The molecule has 4 heterocycles. The molecule has 1 N–H and O–H groups in total. The Hall–Kier alpha value is -3.50. The lowest BCUT2D eigenvalue weighted by molar-refractivity contribution is 0.0601. The van der Waals surface area contributed by atoms with Crippen LogP contribution in [0.4, 0.5) is 0 Å². The van der Waals surface area contributed by atoms with E-state index in [9.17, 15) is 14.4 Å². The molecule has 1 aromatic carbocycles. The van der Waals surface area contributed by atoms with Crippen molar-refractivity contribution in [2.45, 2.75) is 19.5 Å². The van der Waals surface area contributed by atoms with Gasteiger partial charge in [-0.1, -0.05) is 12.1 Å². The van der Waals surface area contributed by atoms with E-state index in [0.717, 1.165) is 21.0 Å². The summed E-state index contributed by atoms with van der Waals surface area (Å²) in [6, 6.07) is 6.76. The molecule has 1 aliphatic heterocycles. The van der Waals surface area contributed by atoms with Crippen LogP contribution in [0.2, 0.25) is 0 Å². The van der Waals surface area contributed by atoms with Gasteiger partial charge in [0.15, 0.2) is 0 Å². The number of carbonyl (C=O) groups is 1. The first-order valence-corrected chi connectivity index (χ1v) is 11.4. The number of ether oxygens (including phenoxy) is 1. The number of benzene rings is 1. The SMILES string of the molecule is COC(=O)c1cccc(-c2c3c(=O)n(C)c(=O)n(C)c3c3n2CCNC3c2nc(C)cs2)c1. The molecule has 0 bridgehead atoms. The largest absolute Gasteiger partial charge is 0.465 e. The van der Waals surface area contributed by atoms with Crippen LogP contribution in [0.5, 0.6) is 0 Å². The zero-order valence-corrected chi connectivity index (χ0v) is 19.5. The predicted octanol–water partition coefficient (Wildman–Crippen LogP) is 1.95. The Bertz CT molecular complexity index is 1540.